The van der Waals surface area contributed by atoms with Crippen LogP contribution in [0.4, 0.5) is 0 Å². The van der Waals surface area contributed by atoms with Crippen molar-refractivity contribution in [2.24, 2.45) is 17.1 Å². The third kappa shape index (κ3) is 2.52. The molecule has 3 heteroatoms. The number of rotatable bonds is 2. The van der Waals surface area contributed by atoms with E-state index in [0.29, 0.717) is 12.5 Å². The number of nitrogens with one attached hydrogen (secondary N) is 1. The van der Waals surface area contributed by atoms with Gasteiger partial charge in [0.05, 0.1) is 5.60 Å². The van der Waals surface area contributed by atoms with Crippen molar-refractivity contribution in [2.75, 3.05) is 13.1 Å². The fourth-order valence-corrected chi connectivity index (χ4v) is 2.44. The molecular weight excluding hydrogens is 188 g/mol. The van der Waals surface area contributed by atoms with E-state index in [2.05, 4.69) is 33.0 Å². The van der Waals surface area contributed by atoms with Gasteiger partial charge >= 0.3 is 0 Å². The lowest BCUT2D eigenvalue weighted by molar-refractivity contribution is -0.0885. The van der Waals surface area contributed by atoms with Crippen molar-refractivity contribution in [1.82, 2.24) is 5.32 Å². The number of nitrogens with two attached hydrogens (primary N) is 1. The van der Waals surface area contributed by atoms with Crippen LogP contribution < -0.4 is 11.1 Å². The van der Waals surface area contributed by atoms with Crippen LogP contribution in [0.5, 0.6) is 0 Å². The second-order valence-corrected chi connectivity index (χ2v) is 6.01. The molecule has 0 spiro atoms. The summed E-state index contributed by atoms with van der Waals surface area (Å²) in [5, 5.41) is 14.1. The molecule has 0 amide bonds. The monoisotopic (exact) mass is 214 g/mol. The minimum absolute atomic E-state index is 0.131. The second-order valence-electron chi connectivity index (χ2n) is 6.01. The summed E-state index contributed by atoms with van der Waals surface area (Å²) in [6.45, 7) is 9.72. The Hall–Kier alpha value is -0.120. The van der Waals surface area contributed by atoms with Crippen molar-refractivity contribution in [3.8, 4) is 0 Å². The maximum atomic E-state index is 10.7. The summed E-state index contributed by atoms with van der Waals surface area (Å²) >= 11 is 0. The number of hydrogen-bond acceptors (Lipinski definition) is 3. The van der Waals surface area contributed by atoms with Crippen molar-refractivity contribution >= 4 is 0 Å². The lowest BCUT2D eigenvalue weighted by Crippen LogP contribution is -2.64. The van der Waals surface area contributed by atoms with Crippen LogP contribution in [0.3, 0.4) is 0 Å². The first kappa shape index (κ1) is 12.9. The third-order valence-electron chi connectivity index (χ3n) is 3.85. The first-order valence-corrected chi connectivity index (χ1v) is 5.97. The molecule has 0 bridgehead atoms. The maximum Gasteiger partial charge on any atom is 0.0969 e. The highest BCUT2D eigenvalue weighted by Gasteiger charge is 2.46. The van der Waals surface area contributed by atoms with Crippen LogP contribution in [-0.4, -0.2) is 29.8 Å². The Kier molecular flexibility index (Phi) is 3.80. The van der Waals surface area contributed by atoms with E-state index in [0.717, 1.165) is 13.0 Å². The highest BCUT2D eigenvalue weighted by molar-refractivity contribution is 5.02. The van der Waals surface area contributed by atoms with Gasteiger partial charge in [0.1, 0.15) is 0 Å². The minimum Gasteiger partial charge on any atom is -0.386 e. The van der Waals surface area contributed by atoms with E-state index in [4.69, 9.17) is 5.73 Å². The zero-order valence-corrected chi connectivity index (χ0v) is 10.5. The molecule has 1 saturated heterocycles. The fourth-order valence-electron chi connectivity index (χ4n) is 2.44. The quantitative estimate of drug-likeness (QED) is 0.645. The van der Waals surface area contributed by atoms with Crippen LogP contribution in [-0.2, 0) is 0 Å². The average Bonchev–Trinajstić information content (AvgIpc) is 2.14. The maximum absolute atomic E-state index is 10.7. The highest BCUT2D eigenvalue weighted by atomic mass is 16.3. The Labute approximate surface area is 93.4 Å². The van der Waals surface area contributed by atoms with Gasteiger partial charge in [-0.3, -0.25) is 0 Å². The Balaban J connectivity index is 2.81. The van der Waals surface area contributed by atoms with E-state index in [1.807, 2.05) is 0 Å². The zero-order chi connectivity index (χ0) is 11.7. The van der Waals surface area contributed by atoms with Crippen LogP contribution in [0.1, 0.15) is 40.5 Å². The number of piperidine rings is 1. The zero-order valence-electron chi connectivity index (χ0n) is 10.5. The van der Waals surface area contributed by atoms with E-state index in [9.17, 15) is 5.11 Å². The van der Waals surface area contributed by atoms with E-state index in [-0.39, 0.29) is 11.5 Å². The molecule has 1 fully saturated rings. The molecule has 0 saturated carbocycles. The standard InChI is InChI=1S/C12H26N2O/c1-9-5-6-14-10(7-9)12(15,8-13)11(2,3)4/h9-10,14-15H,5-8,13H2,1-4H3. The summed E-state index contributed by atoms with van der Waals surface area (Å²) < 4.78 is 0. The molecule has 1 heterocycles. The fraction of sp³-hybridized carbons (Fsp3) is 1.00. The van der Waals surface area contributed by atoms with Crippen LogP contribution in [0.2, 0.25) is 0 Å². The molecule has 3 unspecified atom stereocenters. The molecule has 0 aromatic heterocycles. The highest BCUT2D eigenvalue weighted by Crippen LogP contribution is 2.36. The van der Waals surface area contributed by atoms with Crippen LogP contribution in [0.25, 0.3) is 0 Å². The van der Waals surface area contributed by atoms with E-state index in [1.165, 1.54) is 6.42 Å². The van der Waals surface area contributed by atoms with Gasteiger partial charge < -0.3 is 16.2 Å². The second kappa shape index (κ2) is 4.40. The first-order chi connectivity index (χ1) is 6.81. The largest absolute Gasteiger partial charge is 0.386 e. The van der Waals surface area contributed by atoms with Gasteiger partial charge in [0.15, 0.2) is 0 Å². The average molecular weight is 214 g/mol. The molecule has 15 heavy (non-hydrogen) atoms. The summed E-state index contributed by atoms with van der Waals surface area (Å²) in [4.78, 5) is 0. The number of hydrogen-bond donors (Lipinski definition) is 3. The Morgan fingerprint density at radius 1 is 1.40 bits per heavy atom. The van der Waals surface area contributed by atoms with Crippen molar-refractivity contribution < 1.29 is 5.11 Å². The van der Waals surface area contributed by atoms with Crippen molar-refractivity contribution in [3.05, 3.63) is 0 Å². The van der Waals surface area contributed by atoms with Gasteiger partial charge in [0, 0.05) is 12.6 Å². The molecule has 0 aromatic rings. The Morgan fingerprint density at radius 3 is 2.40 bits per heavy atom. The summed E-state index contributed by atoms with van der Waals surface area (Å²) in [6, 6.07) is 0.131. The normalized spacial score (nSPS) is 32.4. The lowest BCUT2D eigenvalue weighted by atomic mass is 9.69. The van der Waals surface area contributed by atoms with E-state index in [1.54, 1.807) is 0 Å². The topological polar surface area (TPSA) is 58.3 Å². The van der Waals surface area contributed by atoms with Crippen LogP contribution >= 0.6 is 0 Å². The minimum atomic E-state index is -0.804. The molecule has 90 valence electrons. The predicted molar refractivity (Wildman–Crippen MR) is 63.6 cm³/mol. The van der Waals surface area contributed by atoms with Crippen molar-refractivity contribution in [1.29, 1.82) is 0 Å². The van der Waals surface area contributed by atoms with Crippen molar-refractivity contribution in [3.63, 3.8) is 0 Å². The van der Waals surface area contributed by atoms with Gasteiger partial charge in [-0.2, -0.15) is 0 Å². The molecule has 1 aliphatic heterocycles. The van der Waals surface area contributed by atoms with Gasteiger partial charge in [0.2, 0.25) is 0 Å². The van der Waals surface area contributed by atoms with Crippen molar-refractivity contribution in [2.45, 2.75) is 52.2 Å². The van der Waals surface area contributed by atoms with E-state index < -0.39 is 5.60 Å². The molecule has 3 atom stereocenters. The molecule has 4 N–H and O–H groups in total. The van der Waals surface area contributed by atoms with Gasteiger partial charge in [-0.05, 0) is 30.7 Å². The van der Waals surface area contributed by atoms with Gasteiger partial charge in [-0.25, -0.2) is 0 Å². The Bertz CT molecular complexity index is 212. The molecule has 0 radical (unpaired) electrons. The summed E-state index contributed by atoms with van der Waals surface area (Å²) in [7, 11) is 0. The summed E-state index contributed by atoms with van der Waals surface area (Å²) in [5.41, 5.74) is 4.79. The lowest BCUT2D eigenvalue weighted by Gasteiger charge is -2.48. The van der Waals surface area contributed by atoms with Gasteiger partial charge in [0.25, 0.3) is 0 Å². The summed E-state index contributed by atoms with van der Waals surface area (Å²) in [5.74, 6) is 0.677. The predicted octanol–water partition coefficient (Wildman–Crippen LogP) is 1.11. The van der Waals surface area contributed by atoms with Crippen LogP contribution in [0, 0.1) is 11.3 Å². The first-order valence-electron chi connectivity index (χ1n) is 5.97. The van der Waals surface area contributed by atoms with Crippen LogP contribution in [0.15, 0.2) is 0 Å². The number of aliphatic hydroxyl groups is 1. The molecule has 1 aliphatic rings. The molecule has 3 nitrogen and oxygen atoms in total. The molecule has 1 rings (SSSR count). The smallest absolute Gasteiger partial charge is 0.0969 e. The SMILES string of the molecule is CC1CCNC(C(O)(CN)C(C)(C)C)C1. The van der Waals surface area contributed by atoms with Gasteiger partial charge in [-0.1, -0.05) is 27.7 Å². The molecule has 0 aliphatic carbocycles. The van der Waals surface area contributed by atoms with Gasteiger partial charge in [-0.15, -0.1) is 0 Å². The third-order valence-corrected chi connectivity index (χ3v) is 3.85. The molecular formula is C12H26N2O. The van der Waals surface area contributed by atoms with E-state index >= 15 is 0 Å². The Morgan fingerprint density at radius 2 is 2.00 bits per heavy atom. The summed E-state index contributed by atoms with van der Waals surface area (Å²) in [6.07, 6.45) is 2.21. The molecule has 0 aromatic carbocycles.